The molecule has 9 heteroatoms. The van der Waals surface area contributed by atoms with Gasteiger partial charge in [-0.15, -0.1) is 0 Å². The standard InChI is InChI=1S/C10H8F5NO2S/c11-9(12)4-5-2-1-3-6(7(5)8(9)17)19(16,18)10(13,14)15/h1-3,8,16-17H,4H2/t8-,19?/m0/s1. The minimum absolute atomic E-state index is 0.223. The molecular formula is C10H8F5NO2S. The van der Waals surface area contributed by atoms with Crippen LogP contribution in [-0.4, -0.2) is 20.7 Å². The highest BCUT2D eigenvalue weighted by atomic mass is 32.2. The number of halogens is 5. The molecule has 0 aliphatic heterocycles. The Labute approximate surface area is 105 Å². The number of alkyl halides is 5. The van der Waals surface area contributed by atoms with Gasteiger partial charge >= 0.3 is 5.51 Å². The van der Waals surface area contributed by atoms with Crippen molar-refractivity contribution in [3.05, 3.63) is 29.3 Å². The van der Waals surface area contributed by atoms with E-state index in [0.717, 1.165) is 12.1 Å². The summed E-state index contributed by atoms with van der Waals surface area (Å²) < 4.78 is 82.8. The number of hydrogen-bond acceptors (Lipinski definition) is 3. The number of nitrogens with one attached hydrogen (secondary N) is 1. The summed E-state index contributed by atoms with van der Waals surface area (Å²) in [5.41, 5.74) is -6.36. The van der Waals surface area contributed by atoms with Crippen LogP contribution in [-0.2, 0) is 16.1 Å². The molecule has 0 radical (unpaired) electrons. The van der Waals surface area contributed by atoms with E-state index in [1.807, 2.05) is 0 Å². The Morgan fingerprint density at radius 3 is 2.47 bits per heavy atom. The van der Waals surface area contributed by atoms with Crippen molar-refractivity contribution in [2.45, 2.75) is 28.9 Å². The molecule has 3 nitrogen and oxygen atoms in total. The van der Waals surface area contributed by atoms with Crippen molar-refractivity contribution in [3.63, 3.8) is 0 Å². The Bertz CT molecular complexity index is 623. The van der Waals surface area contributed by atoms with E-state index in [4.69, 9.17) is 4.78 Å². The van der Waals surface area contributed by atoms with Gasteiger partial charge in [0.25, 0.3) is 5.92 Å². The van der Waals surface area contributed by atoms with Crippen molar-refractivity contribution >= 4 is 9.73 Å². The van der Waals surface area contributed by atoms with Crippen LogP contribution in [0.1, 0.15) is 17.2 Å². The van der Waals surface area contributed by atoms with Crippen LogP contribution in [0.3, 0.4) is 0 Å². The van der Waals surface area contributed by atoms with E-state index in [2.05, 4.69) is 0 Å². The Hall–Kier alpha value is -1.22. The Morgan fingerprint density at radius 1 is 1.37 bits per heavy atom. The summed E-state index contributed by atoms with van der Waals surface area (Å²) in [6, 6.07) is 2.82. The van der Waals surface area contributed by atoms with Gasteiger partial charge in [-0.3, -0.25) is 0 Å². The first-order chi connectivity index (χ1) is 8.48. The number of aliphatic hydroxyl groups is 1. The molecule has 0 heterocycles. The molecule has 1 aliphatic rings. The molecule has 0 spiro atoms. The highest BCUT2D eigenvalue weighted by molar-refractivity contribution is 7.93. The summed E-state index contributed by atoms with van der Waals surface area (Å²) in [5.74, 6) is -3.63. The van der Waals surface area contributed by atoms with Gasteiger partial charge in [0.05, 0.1) is 4.90 Å². The lowest BCUT2D eigenvalue weighted by molar-refractivity contribution is -0.0977. The van der Waals surface area contributed by atoms with E-state index in [9.17, 15) is 31.3 Å². The monoisotopic (exact) mass is 301 g/mol. The maximum atomic E-state index is 13.3. The van der Waals surface area contributed by atoms with E-state index in [0.29, 0.717) is 6.07 Å². The SMILES string of the molecule is N=S(=O)(c1cccc2c1[C@H](O)C(F)(F)C2)C(F)(F)F. The average molecular weight is 301 g/mol. The van der Waals surface area contributed by atoms with Gasteiger partial charge < -0.3 is 5.11 Å². The lowest BCUT2D eigenvalue weighted by atomic mass is 10.1. The van der Waals surface area contributed by atoms with E-state index in [1.165, 1.54) is 0 Å². The van der Waals surface area contributed by atoms with Crippen LogP contribution in [0, 0.1) is 4.78 Å². The number of hydrogen-bond donors (Lipinski definition) is 2. The van der Waals surface area contributed by atoms with Crippen LogP contribution in [0.25, 0.3) is 0 Å². The average Bonchev–Trinajstić information content (AvgIpc) is 2.48. The highest BCUT2D eigenvalue weighted by Crippen LogP contribution is 2.47. The summed E-state index contributed by atoms with van der Waals surface area (Å²) in [5, 5.41) is 9.39. The lowest BCUT2D eigenvalue weighted by Gasteiger charge is -2.18. The quantitative estimate of drug-likeness (QED) is 0.784. The fourth-order valence-corrected chi connectivity index (χ4v) is 3.06. The zero-order chi connectivity index (χ0) is 14.6. The Kier molecular flexibility index (Phi) is 2.91. The van der Waals surface area contributed by atoms with Gasteiger partial charge in [-0.2, -0.15) is 13.2 Å². The van der Waals surface area contributed by atoms with Crippen LogP contribution in [0.2, 0.25) is 0 Å². The molecule has 0 saturated carbocycles. The van der Waals surface area contributed by atoms with Crippen LogP contribution >= 0.6 is 0 Å². The minimum Gasteiger partial charge on any atom is -0.382 e. The molecule has 0 amide bonds. The second kappa shape index (κ2) is 3.89. The van der Waals surface area contributed by atoms with Gasteiger partial charge in [0, 0.05) is 12.0 Å². The molecule has 0 aromatic heterocycles. The van der Waals surface area contributed by atoms with E-state index in [1.54, 1.807) is 0 Å². The molecule has 0 fully saturated rings. The van der Waals surface area contributed by atoms with Gasteiger partial charge in [-0.25, -0.2) is 17.8 Å². The predicted octanol–water partition coefficient (Wildman–Crippen LogP) is 2.84. The van der Waals surface area contributed by atoms with Gasteiger partial charge in [-0.1, -0.05) is 12.1 Å². The zero-order valence-electron chi connectivity index (χ0n) is 9.17. The topological polar surface area (TPSA) is 61.2 Å². The maximum Gasteiger partial charge on any atom is 0.483 e. The number of aliphatic hydroxyl groups excluding tert-OH is 1. The summed E-state index contributed by atoms with van der Waals surface area (Å²) in [7, 11) is -5.28. The molecule has 0 saturated heterocycles. The summed E-state index contributed by atoms with van der Waals surface area (Å²) >= 11 is 0. The van der Waals surface area contributed by atoms with Crippen molar-refractivity contribution in [2.24, 2.45) is 0 Å². The van der Waals surface area contributed by atoms with Crippen LogP contribution in [0.5, 0.6) is 0 Å². The fraction of sp³-hybridized carbons (Fsp3) is 0.400. The third kappa shape index (κ3) is 2.00. The second-order valence-corrected chi connectivity index (χ2v) is 6.19. The molecule has 1 unspecified atom stereocenters. The van der Waals surface area contributed by atoms with Crippen LogP contribution < -0.4 is 0 Å². The maximum absolute atomic E-state index is 13.3. The third-order valence-electron chi connectivity index (χ3n) is 2.89. The first-order valence-corrected chi connectivity index (χ1v) is 6.57. The van der Waals surface area contributed by atoms with E-state index in [-0.39, 0.29) is 5.56 Å². The fourth-order valence-electron chi connectivity index (χ4n) is 1.99. The molecule has 19 heavy (non-hydrogen) atoms. The van der Waals surface area contributed by atoms with Crippen molar-refractivity contribution < 1.29 is 31.3 Å². The largest absolute Gasteiger partial charge is 0.483 e. The third-order valence-corrected chi connectivity index (χ3v) is 4.52. The minimum atomic E-state index is -5.39. The first-order valence-electron chi connectivity index (χ1n) is 5.01. The van der Waals surface area contributed by atoms with Gasteiger partial charge in [0.1, 0.15) is 6.10 Å². The molecule has 106 valence electrons. The van der Waals surface area contributed by atoms with Crippen molar-refractivity contribution in [1.29, 1.82) is 4.78 Å². The molecule has 2 atom stereocenters. The van der Waals surface area contributed by atoms with Crippen molar-refractivity contribution in [2.75, 3.05) is 0 Å². The van der Waals surface area contributed by atoms with Gasteiger partial charge in [-0.05, 0) is 11.6 Å². The van der Waals surface area contributed by atoms with E-state index >= 15 is 0 Å². The Balaban J connectivity index is 2.70. The summed E-state index contributed by atoms with van der Waals surface area (Å²) in [4.78, 5) is -1.10. The van der Waals surface area contributed by atoms with E-state index < -0.39 is 44.1 Å². The lowest BCUT2D eigenvalue weighted by Crippen LogP contribution is -2.26. The summed E-state index contributed by atoms with van der Waals surface area (Å²) in [6.07, 6.45) is -3.42. The number of fused-ring (bicyclic) bond motifs is 1. The zero-order valence-corrected chi connectivity index (χ0v) is 9.99. The predicted molar refractivity (Wildman–Crippen MR) is 55.2 cm³/mol. The van der Waals surface area contributed by atoms with Gasteiger partial charge in [0.2, 0.25) is 0 Å². The second-order valence-electron chi connectivity index (χ2n) is 4.17. The molecule has 2 rings (SSSR count). The first kappa shape index (κ1) is 14.2. The molecule has 1 aromatic rings. The number of benzene rings is 1. The molecular weight excluding hydrogens is 293 g/mol. The molecule has 1 aliphatic carbocycles. The highest BCUT2D eigenvalue weighted by Gasteiger charge is 2.52. The normalized spacial score (nSPS) is 24.8. The van der Waals surface area contributed by atoms with Crippen molar-refractivity contribution in [3.8, 4) is 0 Å². The number of rotatable bonds is 1. The smallest absolute Gasteiger partial charge is 0.382 e. The molecule has 1 aromatic carbocycles. The van der Waals surface area contributed by atoms with Crippen molar-refractivity contribution in [1.82, 2.24) is 0 Å². The summed E-state index contributed by atoms with van der Waals surface area (Å²) in [6.45, 7) is 0. The van der Waals surface area contributed by atoms with Crippen LogP contribution in [0.15, 0.2) is 23.1 Å². The van der Waals surface area contributed by atoms with Crippen LogP contribution in [0.4, 0.5) is 22.0 Å². The Morgan fingerprint density at radius 2 is 1.95 bits per heavy atom. The van der Waals surface area contributed by atoms with Gasteiger partial charge in [0.15, 0.2) is 9.73 Å². The molecule has 0 bridgehead atoms. The molecule has 2 N–H and O–H groups in total.